The fourth-order valence-electron chi connectivity index (χ4n) is 0.908. The van der Waals surface area contributed by atoms with E-state index in [1.165, 1.54) is 24.5 Å². The molecule has 5 nitrogen and oxygen atoms in total. The lowest BCUT2D eigenvalue weighted by Crippen LogP contribution is -2.37. The highest BCUT2D eigenvalue weighted by Gasteiger charge is 2.16. The average molecular weight is 228 g/mol. The molecule has 0 bridgehead atoms. The molecular formula is C9H12N2O3S. The Labute approximate surface area is 91.1 Å². The van der Waals surface area contributed by atoms with E-state index in [9.17, 15) is 9.59 Å². The fraction of sp³-hybridized carbons (Fsp3) is 0.444. The van der Waals surface area contributed by atoms with Crippen molar-refractivity contribution in [2.45, 2.75) is 26.3 Å². The van der Waals surface area contributed by atoms with E-state index in [1.54, 1.807) is 0 Å². The first-order chi connectivity index (χ1) is 7.04. The first-order valence-corrected chi connectivity index (χ1v) is 5.34. The van der Waals surface area contributed by atoms with Crippen molar-refractivity contribution in [1.29, 1.82) is 0 Å². The van der Waals surface area contributed by atoms with Gasteiger partial charge in [0.2, 0.25) is 0 Å². The normalized spacial score (nSPS) is 12.1. The molecule has 0 spiro atoms. The molecule has 1 aromatic heterocycles. The number of rotatable bonds is 4. The van der Waals surface area contributed by atoms with Gasteiger partial charge in [-0.25, -0.2) is 4.98 Å². The lowest BCUT2D eigenvalue weighted by Gasteiger charge is -2.06. The van der Waals surface area contributed by atoms with Crippen LogP contribution in [0.15, 0.2) is 6.20 Å². The highest BCUT2D eigenvalue weighted by Crippen LogP contribution is 2.13. The number of nitrogens with one attached hydrogen (secondary N) is 1. The molecule has 0 radical (unpaired) electrons. The number of carboxylic acid groups (broad SMARTS) is 1. The standard InChI is InChI=1S/C9H12N2O3S/c1-3-7-10-4-6(15-7)8(12)11-5(2)9(13)14/h4-5H,3H2,1-2H3,(H,11,12)(H,13,14)/t5-/m1/s1. The van der Waals surface area contributed by atoms with E-state index in [0.717, 1.165) is 11.4 Å². The first-order valence-electron chi connectivity index (χ1n) is 4.53. The van der Waals surface area contributed by atoms with Gasteiger partial charge in [0, 0.05) is 0 Å². The Morgan fingerprint density at radius 3 is 2.80 bits per heavy atom. The summed E-state index contributed by atoms with van der Waals surface area (Å²) in [5.74, 6) is -1.44. The average Bonchev–Trinajstić information content (AvgIpc) is 2.65. The summed E-state index contributed by atoms with van der Waals surface area (Å²) in [5, 5.41) is 11.8. The van der Waals surface area contributed by atoms with E-state index >= 15 is 0 Å². The molecule has 1 amide bonds. The van der Waals surface area contributed by atoms with Gasteiger partial charge in [0.05, 0.1) is 11.2 Å². The molecule has 1 rings (SSSR count). The van der Waals surface area contributed by atoms with Gasteiger partial charge in [-0.05, 0) is 13.3 Å². The second kappa shape index (κ2) is 4.88. The van der Waals surface area contributed by atoms with Gasteiger partial charge in [0.15, 0.2) is 0 Å². The van der Waals surface area contributed by atoms with Gasteiger partial charge >= 0.3 is 5.97 Å². The summed E-state index contributed by atoms with van der Waals surface area (Å²) in [7, 11) is 0. The predicted octanol–water partition coefficient (Wildman–Crippen LogP) is 0.908. The molecule has 1 atom stereocenters. The maximum atomic E-state index is 11.5. The summed E-state index contributed by atoms with van der Waals surface area (Å²) in [4.78, 5) is 26.4. The second-order valence-corrected chi connectivity index (χ2v) is 4.12. The van der Waals surface area contributed by atoms with Crippen LogP contribution in [0.4, 0.5) is 0 Å². The minimum absolute atomic E-state index is 0.387. The van der Waals surface area contributed by atoms with Crippen molar-refractivity contribution in [2.75, 3.05) is 0 Å². The molecule has 0 unspecified atom stereocenters. The number of hydrogen-bond donors (Lipinski definition) is 2. The first kappa shape index (κ1) is 11.6. The van der Waals surface area contributed by atoms with Crippen LogP contribution < -0.4 is 5.32 Å². The van der Waals surface area contributed by atoms with Crippen LogP contribution in [0.3, 0.4) is 0 Å². The largest absolute Gasteiger partial charge is 0.480 e. The van der Waals surface area contributed by atoms with Crippen molar-refractivity contribution in [3.8, 4) is 0 Å². The minimum atomic E-state index is -1.05. The van der Waals surface area contributed by atoms with E-state index in [4.69, 9.17) is 5.11 Å². The number of thiazole rings is 1. The SMILES string of the molecule is CCc1ncc(C(=O)N[C@H](C)C(=O)O)s1. The molecule has 0 saturated heterocycles. The zero-order chi connectivity index (χ0) is 11.4. The smallest absolute Gasteiger partial charge is 0.325 e. The van der Waals surface area contributed by atoms with Gasteiger partial charge in [-0.15, -0.1) is 11.3 Å². The predicted molar refractivity (Wildman–Crippen MR) is 56.1 cm³/mol. The van der Waals surface area contributed by atoms with Crippen molar-refractivity contribution in [1.82, 2.24) is 10.3 Å². The van der Waals surface area contributed by atoms with Crippen molar-refractivity contribution in [2.24, 2.45) is 0 Å². The van der Waals surface area contributed by atoms with E-state index in [2.05, 4.69) is 10.3 Å². The van der Waals surface area contributed by atoms with Gasteiger partial charge in [0.25, 0.3) is 5.91 Å². The molecule has 0 aliphatic rings. The van der Waals surface area contributed by atoms with Crippen LogP contribution in [0.5, 0.6) is 0 Å². The van der Waals surface area contributed by atoms with Crippen molar-refractivity contribution in [3.05, 3.63) is 16.1 Å². The zero-order valence-electron chi connectivity index (χ0n) is 8.48. The Hall–Kier alpha value is -1.43. The van der Waals surface area contributed by atoms with Crippen molar-refractivity contribution < 1.29 is 14.7 Å². The van der Waals surface area contributed by atoms with Gasteiger partial charge in [0.1, 0.15) is 10.9 Å². The van der Waals surface area contributed by atoms with Crippen molar-refractivity contribution in [3.63, 3.8) is 0 Å². The number of carboxylic acids is 1. The lowest BCUT2D eigenvalue weighted by atomic mass is 10.3. The quantitative estimate of drug-likeness (QED) is 0.802. The summed E-state index contributed by atoms with van der Waals surface area (Å²) in [6.45, 7) is 3.36. The third-order valence-electron chi connectivity index (χ3n) is 1.80. The highest BCUT2D eigenvalue weighted by molar-refractivity contribution is 7.13. The van der Waals surface area contributed by atoms with E-state index in [0.29, 0.717) is 4.88 Å². The number of carbonyl (C=O) groups is 2. The molecule has 0 fully saturated rings. The number of amides is 1. The van der Waals surface area contributed by atoms with Gasteiger partial charge in [-0.2, -0.15) is 0 Å². The van der Waals surface area contributed by atoms with Crippen LogP contribution >= 0.6 is 11.3 Å². The molecule has 0 aromatic carbocycles. The Kier molecular flexibility index (Phi) is 3.79. The van der Waals surface area contributed by atoms with Crippen LogP contribution in [-0.4, -0.2) is 28.0 Å². The van der Waals surface area contributed by atoms with Crippen LogP contribution in [0, 0.1) is 0 Å². The van der Waals surface area contributed by atoms with Crippen LogP contribution in [-0.2, 0) is 11.2 Å². The second-order valence-electron chi connectivity index (χ2n) is 3.01. The highest BCUT2D eigenvalue weighted by atomic mass is 32.1. The number of aromatic nitrogens is 1. The lowest BCUT2D eigenvalue weighted by molar-refractivity contribution is -0.138. The van der Waals surface area contributed by atoms with Gasteiger partial charge in [-0.1, -0.05) is 6.92 Å². The molecule has 1 heterocycles. The third-order valence-corrected chi connectivity index (χ3v) is 2.94. The maximum Gasteiger partial charge on any atom is 0.325 e. The summed E-state index contributed by atoms with van der Waals surface area (Å²) in [6, 6.07) is -0.885. The monoisotopic (exact) mass is 228 g/mol. The molecule has 2 N–H and O–H groups in total. The Bertz CT molecular complexity index is 375. The number of aryl methyl sites for hydroxylation is 1. The van der Waals surface area contributed by atoms with Crippen LogP contribution in [0.25, 0.3) is 0 Å². The molecule has 1 aromatic rings. The minimum Gasteiger partial charge on any atom is -0.480 e. The molecule has 6 heteroatoms. The number of aliphatic carboxylic acids is 1. The van der Waals surface area contributed by atoms with Gasteiger partial charge in [-0.3, -0.25) is 9.59 Å². The summed E-state index contributed by atoms with van der Waals surface area (Å²) in [6.07, 6.45) is 2.24. The van der Waals surface area contributed by atoms with E-state index in [-0.39, 0.29) is 5.91 Å². The third kappa shape index (κ3) is 3.02. The zero-order valence-corrected chi connectivity index (χ0v) is 9.30. The van der Waals surface area contributed by atoms with E-state index < -0.39 is 12.0 Å². The molecule has 0 aliphatic heterocycles. The molecule has 82 valence electrons. The number of hydrogen-bond acceptors (Lipinski definition) is 4. The molecule has 0 aliphatic carbocycles. The number of nitrogens with zero attached hydrogens (tertiary/aromatic N) is 1. The van der Waals surface area contributed by atoms with Crippen LogP contribution in [0.2, 0.25) is 0 Å². The molecular weight excluding hydrogens is 216 g/mol. The Morgan fingerprint density at radius 1 is 1.67 bits per heavy atom. The summed E-state index contributed by atoms with van der Waals surface area (Å²) in [5.41, 5.74) is 0. The van der Waals surface area contributed by atoms with Crippen molar-refractivity contribution >= 4 is 23.2 Å². The maximum absolute atomic E-state index is 11.5. The van der Waals surface area contributed by atoms with E-state index in [1.807, 2.05) is 6.92 Å². The molecule has 15 heavy (non-hydrogen) atoms. The van der Waals surface area contributed by atoms with Crippen LogP contribution in [0.1, 0.15) is 28.5 Å². The fourth-order valence-corrected chi connectivity index (χ4v) is 1.67. The summed E-state index contributed by atoms with van der Waals surface area (Å²) < 4.78 is 0. The number of carbonyl (C=O) groups excluding carboxylic acids is 1. The topological polar surface area (TPSA) is 79.3 Å². The Balaban J connectivity index is 2.65. The Morgan fingerprint density at radius 2 is 2.33 bits per heavy atom. The summed E-state index contributed by atoms with van der Waals surface area (Å²) >= 11 is 1.28. The van der Waals surface area contributed by atoms with Gasteiger partial charge < -0.3 is 10.4 Å². The molecule has 0 saturated carbocycles.